The number of piperidine rings is 1. The average molecular weight is 291 g/mol. The first-order valence-corrected chi connectivity index (χ1v) is 7.83. The molecule has 21 heavy (non-hydrogen) atoms. The first-order valence-electron chi connectivity index (χ1n) is 7.83. The van der Waals surface area contributed by atoms with Crippen molar-refractivity contribution >= 4 is 5.97 Å². The second kappa shape index (κ2) is 8.03. The fourth-order valence-electron chi connectivity index (χ4n) is 2.61. The van der Waals surface area contributed by atoms with E-state index in [4.69, 9.17) is 9.84 Å². The van der Waals surface area contributed by atoms with Crippen molar-refractivity contribution in [2.24, 2.45) is 5.92 Å². The number of carboxylic acids is 1. The molecule has 1 aromatic carbocycles. The van der Waals surface area contributed by atoms with Gasteiger partial charge in [-0.3, -0.25) is 0 Å². The number of likely N-dealkylation sites (tertiary alicyclic amines) is 1. The Morgan fingerprint density at radius 1 is 1.24 bits per heavy atom. The fourth-order valence-corrected chi connectivity index (χ4v) is 2.61. The van der Waals surface area contributed by atoms with Crippen LogP contribution in [0.5, 0.6) is 5.75 Å². The molecule has 1 aliphatic rings. The maximum absolute atomic E-state index is 10.7. The first-order chi connectivity index (χ1) is 10.1. The molecule has 2 rings (SSSR count). The lowest BCUT2D eigenvalue weighted by molar-refractivity contribution is 0.0697. The highest BCUT2D eigenvalue weighted by molar-refractivity contribution is 5.87. The number of hydrogen-bond donors (Lipinski definition) is 1. The Balaban J connectivity index is 1.58. The third kappa shape index (κ3) is 5.38. The van der Waals surface area contributed by atoms with Crippen LogP contribution in [0, 0.1) is 5.92 Å². The zero-order valence-corrected chi connectivity index (χ0v) is 12.8. The van der Waals surface area contributed by atoms with Crippen molar-refractivity contribution in [3.63, 3.8) is 0 Å². The molecule has 1 heterocycles. The second-order valence-electron chi connectivity index (χ2n) is 5.91. The monoisotopic (exact) mass is 291 g/mol. The zero-order chi connectivity index (χ0) is 15.1. The molecule has 1 fully saturated rings. The maximum atomic E-state index is 10.7. The minimum absolute atomic E-state index is 0.293. The van der Waals surface area contributed by atoms with Gasteiger partial charge in [0.1, 0.15) is 5.75 Å². The third-order valence-corrected chi connectivity index (χ3v) is 4.11. The van der Waals surface area contributed by atoms with Gasteiger partial charge < -0.3 is 14.7 Å². The van der Waals surface area contributed by atoms with E-state index in [1.807, 2.05) is 0 Å². The molecule has 0 aromatic heterocycles. The van der Waals surface area contributed by atoms with Gasteiger partial charge in [0.15, 0.2) is 0 Å². The Morgan fingerprint density at radius 3 is 2.52 bits per heavy atom. The van der Waals surface area contributed by atoms with E-state index in [1.54, 1.807) is 24.3 Å². The SMILES string of the molecule is CC1CCN(CCCCOc2ccc(C(=O)O)cc2)CC1. The number of unbranched alkanes of at least 4 members (excludes halogenated alkanes) is 1. The summed E-state index contributed by atoms with van der Waals surface area (Å²) in [4.78, 5) is 13.3. The van der Waals surface area contributed by atoms with E-state index in [2.05, 4.69) is 11.8 Å². The molecule has 0 unspecified atom stereocenters. The number of ether oxygens (including phenoxy) is 1. The maximum Gasteiger partial charge on any atom is 0.335 e. The normalized spacial score (nSPS) is 16.8. The summed E-state index contributed by atoms with van der Waals surface area (Å²) in [5, 5.41) is 8.82. The molecule has 4 nitrogen and oxygen atoms in total. The van der Waals surface area contributed by atoms with Gasteiger partial charge in [-0.05, 0) is 75.5 Å². The standard InChI is InChI=1S/C17H25NO3/c1-14-8-11-18(12-9-14)10-2-3-13-21-16-6-4-15(5-7-16)17(19)20/h4-7,14H,2-3,8-13H2,1H3,(H,19,20). The summed E-state index contributed by atoms with van der Waals surface area (Å²) in [6, 6.07) is 6.59. The Bertz CT molecular complexity index is 436. The Morgan fingerprint density at radius 2 is 1.90 bits per heavy atom. The number of benzene rings is 1. The summed E-state index contributed by atoms with van der Waals surface area (Å²) in [7, 11) is 0. The number of hydrogen-bond acceptors (Lipinski definition) is 3. The van der Waals surface area contributed by atoms with Crippen molar-refractivity contribution in [2.45, 2.75) is 32.6 Å². The second-order valence-corrected chi connectivity index (χ2v) is 5.91. The molecule has 4 heteroatoms. The van der Waals surface area contributed by atoms with Crippen molar-refractivity contribution in [1.29, 1.82) is 0 Å². The van der Waals surface area contributed by atoms with Crippen molar-refractivity contribution in [3.05, 3.63) is 29.8 Å². The number of aromatic carboxylic acids is 1. The minimum atomic E-state index is -0.905. The molecule has 0 amide bonds. The van der Waals surface area contributed by atoms with E-state index in [1.165, 1.54) is 25.9 Å². The summed E-state index contributed by atoms with van der Waals surface area (Å²) in [6.07, 6.45) is 4.84. The number of carboxylic acid groups (broad SMARTS) is 1. The lowest BCUT2D eigenvalue weighted by Crippen LogP contribution is -2.33. The largest absolute Gasteiger partial charge is 0.494 e. The quantitative estimate of drug-likeness (QED) is 0.783. The van der Waals surface area contributed by atoms with E-state index in [0.717, 1.165) is 31.1 Å². The molecule has 0 saturated carbocycles. The van der Waals surface area contributed by atoms with Crippen LogP contribution in [0.4, 0.5) is 0 Å². The fraction of sp³-hybridized carbons (Fsp3) is 0.588. The van der Waals surface area contributed by atoms with Crippen LogP contribution in [0.25, 0.3) is 0 Å². The third-order valence-electron chi connectivity index (χ3n) is 4.11. The summed E-state index contributed by atoms with van der Waals surface area (Å²) < 4.78 is 5.64. The topological polar surface area (TPSA) is 49.8 Å². The molecule has 1 saturated heterocycles. The van der Waals surface area contributed by atoms with E-state index >= 15 is 0 Å². The van der Waals surface area contributed by atoms with E-state index in [9.17, 15) is 4.79 Å². The van der Waals surface area contributed by atoms with Gasteiger partial charge in [-0.25, -0.2) is 4.79 Å². The van der Waals surface area contributed by atoms with Crippen molar-refractivity contribution in [1.82, 2.24) is 4.90 Å². The molecular weight excluding hydrogens is 266 g/mol. The zero-order valence-electron chi connectivity index (χ0n) is 12.8. The van der Waals surface area contributed by atoms with Crippen LogP contribution in [0.1, 0.15) is 43.0 Å². The van der Waals surface area contributed by atoms with E-state index in [0.29, 0.717) is 12.2 Å². The summed E-state index contributed by atoms with van der Waals surface area (Å²) >= 11 is 0. The minimum Gasteiger partial charge on any atom is -0.494 e. The predicted molar refractivity (Wildman–Crippen MR) is 83.0 cm³/mol. The lowest BCUT2D eigenvalue weighted by Gasteiger charge is -2.30. The van der Waals surface area contributed by atoms with Gasteiger partial charge in [0.25, 0.3) is 0 Å². The van der Waals surface area contributed by atoms with Gasteiger partial charge in [0.05, 0.1) is 12.2 Å². The highest BCUT2D eigenvalue weighted by Gasteiger charge is 2.14. The molecule has 0 bridgehead atoms. The van der Waals surface area contributed by atoms with Crippen molar-refractivity contribution < 1.29 is 14.6 Å². The van der Waals surface area contributed by atoms with Crippen LogP contribution in [0.2, 0.25) is 0 Å². The van der Waals surface area contributed by atoms with Crippen LogP contribution in [0.3, 0.4) is 0 Å². The van der Waals surface area contributed by atoms with Crippen molar-refractivity contribution in [3.8, 4) is 5.75 Å². The smallest absolute Gasteiger partial charge is 0.335 e. The molecule has 1 aromatic rings. The Kier molecular flexibility index (Phi) is 6.05. The molecule has 1 N–H and O–H groups in total. The molecule has 0 radical (unpaired) electrons. The Labute approximate surface area is 126 Å². The van der Waals surface area contributed by atoms with Gasteiger partial charge >= 0.3 is 5.97 Å². The molecule has 116 valence electrons. The van der Waals surface area contributed by atoms with E-state index in [-0.39, 0.29) is 0 Å². The molecule has 0 atom stereocenters. The van der Waals surface area contributed by atoms with Crippen molar-refractivity contribution in [2.75, 3.05) is 26.2 Å². The molecule has 0 spiro atoms. The van der Waals surface area contributed by atoms with Crippen LogP contribution in [-0.2, 0) is 0 Å². The van der Waals surface area contributed by atoms with Gasteiger partial charge in [-0.15, -0.1) is 0 Å². The summed E-state index contributed by atoms with van der Waals surface area (Å²) in [5.74, 6) is 0.725. The Hall–Kier alpha value is -1.55. The van der Waals surface area contributed by atoms with E-state index < -0.39 is 5.97 Å². The van der Waals surface area contributed by atoms with Crippen LogP contribution < -0.4 is 4.74 Å². The van der Waals surface area contributed by atoms with Crippen LogP contribution >= 0.6 is 0 Å². The summed E-state index contributed by atoms with van der Waals surface area (Å²) in [5.41, 5.74) is 0.293. The average Bonchev–Trinajstić information content (AvgIpc) is 2.49. The van der Waals surface area contributed by atoms with Gasteiger partial charge in [-0.2, -0.15) is 0 Å². The molecule has 0 aliphatic carbocycles. The highest BCUT2D eigenvalue weighted by atomic mass is 16.5. The highest BCUT2D eigenvalue weighted by Crippen LogP contribution is 2.16. The lowest BCUT2D eigenvalue weighted by atomic mass is 9.99. The number of carbonyl (C=O) groups is 1. The van der Waals surface area contributed by atoms with Gasteiger partial charge in [0, 0.05) is 0 Å². The predicted octanol–water partition coefficient (Wildman–Crippen LogP) is 3.28. The van der Waals surface area contributed by atoms with Crippen LogP contribution in [-0.4, -0.2) is 42.2 Å². The molecular formula is C17H25NO3. The van der Waals surface area contributed by atoms with Crippen LogP contribution in [0.15, 0.2) is 24.3 Å². The first kappa shape index (κ1) is 15.8. The number of nitrogens with zero attached hydrogens (tertiary/aromatic N) is 1. The van der Waals surface area contributed by atoms with Gasteiger partial charge in [0.2, 0.25) is 0 Å². The van der Waals surface area contributed by atoms with Gasteiger partial charge in [-0.1, -0.05) is 6.92 Å². The number of rotatable bonds is 7. The summed E-state index contributed by atoms with van der Waals surface area (Å²) in [6.45, 7) is 6.66. The molecule has 1 aliphatic heterocycles.